The number of aromatic nitrogens is 5. The average Bonchev–Trinajstić information content (AvgIpc) is 3.21. The molecule has 0 bridgehead atoms. The molecular formula is C28H31ClN6O3. The summed E-state index contributed by atoms with van der Waals surface area (Å²) >= 11 is 6.27. The molecule has 0 spiro atoms. The van der Waals surface area contributed by atoms with Gasteiger partial charge in [0.1, 0.15) is 11.2 Å². The van der Waals surface area contributed by atoms with E-state index in [0.29, 0.717) is 50.3 Å². The smallest absolute Gasteiger partial charge is 0.420 e. The first-order chi connectivity index (χ1) is 17.9. The molecule has 4 rings (SSSR count). The molecule has 4 heterocycles. The third-order valence-corrected chi connectivity index (χ3v) is 5.78. The Hall–Kier alpha value is -3.98. The summed E-state index contributed by atoms with van der Waals surface area (Å²) in [6.45, 7) is 15.7. The van der Waals surface area contributed by atoms with Gasteiger partial charge in [-0.25, -0.2) is 19.3 Å². The van der Waals surface area contributed by atoms with Crippen molar-refractivity contribution in [2.75, 3.05) is 12.4 Å². The van der Waals surface area contributed by atoms with Crippen LogP contribution in [0.15, 0.2) is 43.4 Å². The van der Waals surface area contributed by atoms with E-state index in [1.54, 1.807) is 25.6 Å². The maximum atomic E-state index is 12.9. The van der Waals surface area contributed by atoms with Crippen molar-refractivity contribution in [1.82, 2.24) is 24.5 Å². The van der Waals surface area contributed by atoms with Gasteiger partial charge in [-0.3, -0.25) is 4.98 Å². The standard InChI is InChI=1S/C28H31ClN6O3/c1-15(2)32-26-31-13-21(25(34-26)37-8)23-10-9-19(17(4)33-23)16(3)22-14-35(27(36)38-28(5,6)7)24-20(22)11-18(29)12-30-24/h9-15H,3H2,1-2,4-8H3,(H,31,32,34). The van der Waals surface area contributed by atoms with Gasteiger partial charge in [0, 0.05) is 46.8 Å². The number of hydrogen-bond acceptors (Lipinski definition) is 8. The molecule has 0 fully saturated rings. The van der Waals surface area contributed by atoms with E-state index in [1.807, 2.05) is 53.7 Å². The Labute approximate surface area is 226 Å². The monoisotopic (exact) mass is 534 g/mol. The van der Waals surface area contributed by atoms with Gasteiger partial charge < -0.3 is 14.8 Å². The number of nitrogens with zero attached hydrogens (tertiary/aromatic N) is 5. The number of methoxy groups -OCH3 is 1. The molecule has 0 aliphatic carbocycles. The lowest BCUT2D eigenvalue weighted by Gasteiger charge is -2.19. The molecule has 198 valence electrons. The summed E-state index contributed by atoms with van der Waals surface area (Å²) in [6, 6.07) is 5.73. The van der Waals surface area contributed by atoms with Crippen LogP contribution in [0.5, 0.6) is 5.88 Å². The van der Waals surface area contributed by atoms with Crippen molar-refractivity contribution < 1.29 is 14.3 Å². The average molecular weight is 535 g/mol. The lowest BCUT2D eigenvalue weighted by atomic mass is 9.98. The topological polar surface area (TPSA) is 104 Å². The Balaban J connectivity index is 1.74. The quantitative estimate of drug-likeness (QED) is 0.298. The highest BCUT2D eigenvalue weighted by Crippen LogP contribution is 2.34. The van der Waals surface area contributed by atoms with Crippen LogP contribution >= 0.6 is 11.6 Å². The third kappa shape index (κ3) is 5.62. The fraction of sp³-hybridized carbons (Fsp3) is 0.321. The van der Waals surface area contributed by atoms with Crippen LogP contribution in [0.1, 0.15) is 51.4 Å². The summed E-state index contributed by atoms with van der Waals surface area (Å²) in [5.41, 5.74) is 3.98. The summed E-state index contributed by atoms with van der Waals surface area (Å²) in [5, 5.41) is 4.30. The van der Waals surface area contributed by atoms with E-state index in [0.717, 1.165) is 11.3 Å². The number of pyridine rings is 2. The first-order valence-corrected chi connectivity index (χ1v) is 12.5. The van der Waals surface area contributed by atoms with Gasteiger partial charge in [0.25, 0.3) is 0 Å². The van der Waals surface area contributed by atoms with Crippen LogP contribution in [0, 0.1) is 6.92 Å². The van der Waals surface area contributed by atoms with Crippen molar-refractivity contribution in [1.29, 1.82) is 0 Å². The fourth-order valence-corrected chi connectivity index (χ4v) is 4.13. The molecule has 4 aromatic rings. The number of carbonyl (C=O) groups is 1. The molecule has 9 nitrogen and oxygen atoms in total. The van der Waals surface area contributed by atoms with Crippen molar-refractivity contribution in [2.45, 2.75) is 53.2 Å². The van der Waals surface area contributed by atoms with Crippen molar-refractivity contribution in [3.8, 4) is 17.1 Å². The number of halogens is 1. The van der Waals surface area contributed by atoms with Crippen LogP contribution in [0.4, 0.5) is 10.7 Å². The maximum Gasteiger partial charge on any atom is 0.420 e. The van der Waals surface area contributed by atoms with Crippen LogP contribution < -0.4 is 10.1 Å². The van der Waals surface area contributed by atoms with Gasteiger partial charge in [0.05, 0.1) is 23.4 Å². The first-order valence-electron chi connectivity index (χ1n) is 12.1. The molecule has 0 atom stereocenters. The molecule has 0 unspecified atom stereocenters. The van der Waals surface area contributed by atoms with Crippen LogP contribution in [-0.4, -0.2) is 49.3 Å². The maximum absolute atomic E-state index is 12.9. The van der Waals surface area contributed by atoms with E-state index in [1.165, 1.54) is 10.8 Å². The largest absolute Gasteiger partial charge is 0.480 e. The van der Waals surface area contributed by atoms with Crippen molar-refractivity contribution in [3.63, 3.8) is 0 Å². The first kappa shape index (κ1) is 27.1. The van der Waals surface area contributed by atoms with Gasteiger partial charge in [-0.15, -0.1) is 0 Å². The Bertz CT molecular complexity index is 1540. The minimum Gasteiger partial charge on any atom is -0.480 e. The Morgan fingerprint density at radius 2 is 1.87 bits per heavy atom. The van der Waals surface area contributed by atoms with E-state index >= 15 is 0 Å². The van der Waals surface area contributed by atoms with Gasteiger partial charge in [0.2, 0.25) is 11.8 Å². The Kier molecular flexibility index (Phi) is 7.42. The molecule has 0 saturated carbocycles. The van der Waals surface area contributed by atoms with Gasteiger partial charge >= 0.3 is 6.09 Å². The molecule has 1 N–H and O–H groups in total. The molecule has 10 heteroatoms. The molecule has 0 saturated heterocycles. The molecule has 0 aliphatic heterocycles. The van der Waals surface area contributed by atoms with E-state index in [-0.39, 0.29) is 6.04 Å². The second-order valence-electron chi connectivity index (χ2n) is 10.1. The van der Waals surface area contributed by atoms with Crippen LogP contribution in [0.3, 0.4) is 0 Å². The van der Waals surface area contributed by atoms with Crippen LogP contribution in [-0.2, 0) is 4.74 Å². The van der Waals surface area contributed by atoms with Gasteiger partial charge in [-0.2, -0.15) is 4.98 Å². The molecule has 0 radical (unpaired) electrons. The summed E-state index contributed by atoms with van der Waals surface area (Å²) in [4.78, 5) is 31.0. The van der Waals surface area contributed by atoms with E-state index < -0.39 is 11.7 Å². The highest BCUT2D eigenvalue weighted by molar-refractivity contribution is 6.31. The van der Waals surface area contributed by atoms with Crippen LogP contribution in [0.25, 0.3) is 27.9 Å². The number of aryl methyl sites for hydroxylation is 1. The summed E-state index contributed by atoms with van der Waals surface area (Å²) in [5.74, 6) is 0.902. The number of hydrogen-bond donors (Lipinski definition) is 1. The summed E-state index contributed by atoms with van der Waals surface area (Å²) in [7, 11) is 1.56. The third-order valence-electron chi connectivity index (χ3n) is 5.58. The van der Waals surface area contributed by atoms with Crippen LogP contribution in [0.2, 0.25) is 5.02 Å². The van der Waals surface area contributed by atoms with E-state index in [4.69, 9.17) is 26.1 Å². The minimum absolute atomic E-state index is 0.183. The SMILES string of the molecule is C=C(c1ccc(-c2cnc(NC(C)C)nc2OC)nc1C)c1cn(C(=O)OC(C)(C)C)c2ncc(Cl)cc12. The molecule has 38 heavy (non-hydrogen) atoms. The minimum atomic E-state index is -0.665. The second-order valence-corrected chi connectivity index (χ2v) is 10.6. The number of fused-ring (bicyclic) bond motifs is 1. The predicted octanol–water partition coefficient (Wildman–Crippen LogP) is 6.52. The second kappa shape index (κ2) is 10.4. The van der Waals surface area contributed by atoms with E-state index in [2.05, 4.69) is 26.8 Å². The fourth-order valence-electron chi connectivity index (χ4n) is 3.97. The normalized spacial score (nSPS) is 11.6. The molecule has 0 aromatic carbocycles. The lowest BCUT2D eigenvalue weighted by molar-refractivity contribution is 0.0543. The lowest BCUT2D eigenvalue weighted by Crippen LogP contribution is -2.26. The zero-order chi connectivity index (χ0) is 27.8. The van der Waals surface area contributed by atoms with Crippen molar-refractivity contribution in [2.24, 2.45) is 0 Å². The van der Waals surface area contributed by atoms with Gasteiger partial charge in [-0.05, 0) is 59.2 Å². The van der Waals surface area contributed by atoms with Crippen molar-refractivity contribution in [3.05, 3.63) is 65.2 Å². The molecular weight excluding hydrogens is 504 g/mol. The number of rotatable bonds is 6. The van der Waals surface area contributed by atoms with Crippen molar-refractivity contribution >= 4 is 40.2 Å². The molecule has 4 aromatic heterocycles. The highest BCUT2D eigenvalue weighted by atomic mass is 35.5. The number of nitrogens with one attached hydrogen (secondary N) is 1. The molecule has 0 aliphatic rings. The summed E-state index contributed by atoms with van der Waals surface area (Å²) < 4.78 is 12.5. The van der Waals surface area contributed by atoms with Gasteiger partial charge in [0.15, 0.2) is 0 Å². The number of anilines is 1. The zero-order valence-corrected chi connectivity index (χ0v) is 23.3. The Morgan fingerprint density at radius 3 is 2.50 bits per heavy atom. The number of ether oxygens (including phenoxy) is 2. The summed E-state index contributed by atoms with van der Waals surface area (Å²) in [6.07, 6.45) is 4.32. The van der Waals surface area contributed by atoms with Gasteiger partial charge in [-0.1, -0.05) is 24.2 Å². The van der Waals surface area contributed by atoms with E-state index in [9.17, 15) is 4.79 Å². The predicted molar refractivity (Wildman–Crippen MR) is 150 cm³/mol. The highest BCUT2D eigenvalue weighted by Gasteiger charge is 2.23. The molecule has 0 amide bonds. The Morgan fingerprint density at radius 1 is 1.13 bits per heavy atom. The zero-order valence-electron chi connectivity index (χ0n) is 22.6. The number of carbonyl (C=O) groups excluding carboxylic acids is 1.